The first kappa shape index (κ1) is 15.3. The molecular formula is C17H33NO. The second-order valence-corrected chi connectivity index (χ2v) is 8.06. The Morgan fingerprint density at radius 1 is 1.11 bits per heavy atom. The summed E-state index contributed by atoms with van der Waals surface area (Å²) in [6.45, 7) is 11.5. The molecule has 2 heteroatoms. The standard InChI is InChI=1S/C17H33NO/c1-16(2,3)18-13-17(4,14-9-10-14)11-5-7-15-8-6-12-19-15/h14-15,18H,5-13H2,1-4H3. The molecular weight excluding hydrogens is 234 g/mol. The lowest BCUT2D eigenvalue weighted by atomic mass is 9.79. The third kappa shape index (κ3) is 5.07. The van der Waals surface area contributed by atoms with E-state index in [0.29, 0.717) is 11.5 Å². The molecule has 1 heterocycles. The Labute approximate surface area is 119 Å². The molecule has 2 fully saturated rings. The van der Waals surface area contributed by atoms with Crippen LogP contribution in [0.25, 0.3) is 0 Å². The number of hydrogen-bond donors (Lipinski definition) is 1. The maximum atomic E-state index is 5.74. The summed E-state index contributed by atoms with van der Waals surface area (Å²) in [5, 5.41) is 3.73. The molecule has 0 spiro atoms. The molecule has 2 atom stereocenters. The van der Waals surface area contributed by atoms with Gasteiger partial charge in [-0.3, -0.25) is 0 Å². The molecule has 2 rings (SSSR count). The smallest absolute Gasteiger partial charge is 0.0576 e. The minimum Gasteiger partial charge on any atom is -0.378 e. The zero-order chi connectivity index (χ0) is 13.9. The van der Waals surface area contributed by atoms with Crippen LogP contribution in [0.4, 0.5) is 0 Å². The van der Waals surface area contributed by atoms with Crippen LogP contribution in [-0.2, 0) is 4.74 Å². The van der Waals surface area contributed by atoms with Crippen molar-refractivity contribution in [2.45, 2.75) is 84.3 Å². The number of nitrogens with one attached hydrogen (secondary N) is 1. The minimum absolute atomic E-state index is 0.241. The van der Waals surface area contributed by atoms with Crippen LogP contribution in [0.2, 0.25) is 0 Å². The largest absolute Gasteiger partial charge is 0.378 e. The van der Waals surface area contributed by atoms with Crippen molar-refractivity contribution >= 4 is 0 Å². The number of hydrogen-bond acceptors (Lipinski definition) is 2. The molecule has 1 saturated carbocycles. The molecule has 1 saturated heterocycles. The van der Waals surface area contributed by atoms with Gasteiger partial charge in [-0.15, -0.1) is 0 Å². The third-order valence-electron chi connectivity index (χ3n) is 4.88. The monoisotopic (exact) mass is 267 g/mol. The van der Waals surface area contributed by atoms with Crippen molar-refractivity contribution in [2.75, 3.05) is 13.2 Å². The Kier molecular flexibility index (Phi) is 4.94. The fourth-order valence-electron chi connectivity index (χ4n) is 3.29. The van der Waals surface area contributed by atoms with E-state index in [-0.39, 0.29) is 5.54 Å². The summed E-state index contributed by atoms with van der Waals surface area (Å²) in [6.07, 6.45) is 10.0. The lowest BCUT2D eigenvalue weighted by molar-refractivity contribution is 0.0958. The molecule has 0 aromatic heterocycles. The van der Waals surface area contributed by atoms with Crippen LogP contribution in [0.5, 0.6) is 0 Å². The molecule has 19 heavy (non-hydrogen) atoms. The van der Waals surface area contributed by atoms with Crippen molar-refractivity contribution in [1.82, 2.24) is 5.32 Å². The van der Waals surface area contributed by atoms with Gasteiger partial charge >= 0.3 is 0 Å². The Morgan fingerprint density at radius 2 is 1.84 bits per heavy atom. The molecule has 112 valence electrons. The maximum absolute atomic E-state index is 5.74. The van der Waals surface area contributed by atoms with Crippen LogP contribution in [0.15, 0.2) is 0 Å². The van der Waals surface area contributed by atoms with E-state index in [9.17, 15) is 0 Å². The molecule has 2 nitrogen and oxygen atoms in total. The van der Waals surface area contributed by atoms with Gasteiger partial charge in [-0.2, -0.15) is 0 Å². The van der Waals surface area contributed by atoms with Crippen molar-refractivity contribution in [3.8, 4) is 0 Å². The Bertz CT molecular complexity index is 273. The summed E-state index contributed by atoms with van der Waals surface area (Å²) in [5.41, 5.74) is 0.747. The second-order valence-electron chi connectivity index (χ2n) is 8.06. The molecule has 0 amide bonds. The first-order valence-electron chi connectivity index (χ1n) is 8.26. The maximum Gasteiger partial charge on any atom is 0.0576 e. The number of rotatable bonds is 7. The van der Waals surface area contributed by atoms with Crippen molar-refractivity contribution < 1.29 is 4.74 Å². The fourth-order valence-corrected chi connectivity index (χ4v) is 3.29. The zero-order valence-corrected chi connectivity index (χ0v) is 13.4. The highest BCUT2D eigenvalue weighted by atomic mass is 16.5. The molecule has 2 unspecified atom stereocenters. The van der Waals surface area contributed by atoms with E-state index >= 15 is 0 Å². The predicted octanol–water partition coefficient (Wildman–Crippen LogP) is 4.14. The molecule has 1 aliphatic carbocycles. The minimum atomic E-state index is 0.241. The van der Waals surface area contributed by atoms with Crippen molar-refractivity contribution in [3.63, 3.8) is 0 Å². The van der Waals surface area contributed by atoms with Crippen LogP contribution in [0.1, 0.15) is 72.6 Å². The average Bonchev–Trinajstić information content (AvgIpc) is 3.06. The highest BCUT2D eigenvalue weighted by Gasteiger charge is 2.41. The summed E-state index contributed by atoms with van der Waals surface area (Å²) >= 11 is 0. The molecule has 0 aromatic rings. The summed E-state index contributed by atoms with van der Waals surface area (Å²) < 4.78 is 5.74. The highest BCUT2D eigenvalue weighted by molar-refractivity contribution is 4.94. The van der Waals surface area contributed by atoms with Gasteiger partial charge in [0.05, 0.1) is 6.10 Å². The van der Waals surface area contributed by atoms with Crippen molar-refractivity contribution in [3.05, 3.63) is 0 Å². The van der Waals surface area contributed by atoms with Gasteiger partial charge in [0.2, 0.25) is 0 Å². The summed E-state index contributed by atoms with van der Waals surface area (Å²) in [5.74, 6) is 0.965. The van der Waals surface area contributed by atoms with Gasteiger partial charge in [0.15, 0.2) is 0 Å². The summed E-state index contributed by atoms with van der Waals surface area (Å²) in [4.78, 5) is 0. The first-order valence-corrected chi connectivity index (χ1v) is 8.26. The van der Waals surface area contributed by atoms with Gasteiger partial charge < -0.3 is 10.1 Å². The molecule has 1 aliphatic heterocycles. The van der Waals surface area contributed by atoms with Gasteiger partial charge in [0, 0.05) is 18.7 Å². The van der Waals surface area contributed by atoms with E-state index in [1.807, 2.05) is 0 Å². The molecule has 0 aromatic carbocycles. The quantitative estimate of drug-likeness (QED) is 0.748. The molecule has 0 bridgehead atoms. The first-order chi connectivity index (χ1) is 8.89. The van der Waals surface area contributed by atoms with Gasteiger partial charge in [0.1, 0.15) is 0 Å². The topological polar surface area (TPSA) is 21.3 Å². The second kappa shape index (κ2) is 6.13. The lowest BCUT2D eigenvalue weighted by Crippen LogP contribution is -2.43. The Morgan fingerprint density at radius 3 is 2.37 bits per heavy atom. The SMILES string of the molecule is CC(C)(C)NCC(C)(CCCC1CCCO1)C1CC1. The van der Waals surface area contributed by atoms with Crippen LogP contribution in [0.3, 0.4) is 0 Å². The molecule has 0 radical (unpaired) electrons. The zero-order valence-electron chi connectivity index (χ0n) is 13.4. The van der Waals surface area contributed by atoms with Crippen LogP contribution < -0.4 is 5.32 Å². The molecule has 2 aliphatic rings. The average molecular weight is 267 g/mol. The van der Waals surface area contributed by atoms with Crippen LogP contribution >= 0.6 is 0 Å². The Balaban J connectivity index is 1.74. The van der Waals surface area contributed by atoms with Gasteiger partial charge in [-0.1, -0.05) is 13.3 Å². The fraction of sp³-hybridized carbons (Fsp3) is 1.00. The molecule has 1 N–H and O–H groups in total. The predicted molar refractivity (Wildman–Crippen MR) is 81.4 cm³/mol. The van der Waals surface area contributed by atoms with Crippen LogP contribution in [-0.4, -0.2) is 24.8 Å². The van der Waals surface area contributed by atoms with Crippen molar-refractivity contribution in [2.24, 2.45) is 11.3 Å². The van der Waals surface area contributed by atoms with E-state index in [4.69, 9.17) is 4.74 Å². The van der Waals surface area contributed by atoms with E-state index < -0.39 is 0 Å². The Hall–Kier alpha value is -0.0800. The third-order valence-corrected chi connectivity index (χ3v) is 4.88. The lowest BCUT2D eigenvalue weighted by Gasteiger charge is -2.34. The van der Waals surface area contributed by atoms with E-state index in [2.05, 4.69) is 33.0 Å². The van der Waals surface area contributed by atoms with E-state index in [1.165, 1.54) is 51.5 Å². The van der Waals surface area contributed by atoms with Crippen LogP contribution in [0, 0.1) is 11.3 Å². The highest BCUT2D eigenvalue weighted by Crippen LogP contribution is 2.48. The van der Waals surface area contributed by atoms with E-state index in [0.717, 1.165) is 12.5 Å². The van der Waals surface area contributed by atoms with Gasteiger partial charge in [-0.05, 0) is 70.6 Å². The normalized spacial score (nSPS) is 27.5. The summed E-state index contributed by atoms with van der Waals surface area (Å²) in [6, 6.07) is 0. The number of ether oxygens (including phenoxy) is 1. The summed E-state index contributed by atoms with van der Waals surface area (Å²) in [7, 11) is 0. The van der Waals surface area contributed by atoms with Crippen molar-refractivity contribution in [1.29, 1.82) is 0 Å². The van der Waals surface area contributed by atoms with Gasteiger partial charge in [0.25, 0.3) is 0 Å². The van der Waals surface area contributed by atoms with Gasteiger partial charge in [-0.25, -0.2) is 0 Å². The van der Waals surface area contributed by atoms with E-state index in [1.54, 1.807) is 0 Å².